The first-order chi connectivity index (χ1) is 8.61. The number of nitrogen functional groups attached to an aromatic ring is 1. The number of thioether (sulfide) groups is 1. The van der Waals surface area contributed by atoms with Crippen LogP contribution in [-0.2, 0) is 6.54 Å². The molecule has 18 heavy (non-hydrogen) atoms. The molecule has 3 N–H and O–H groups in total. The summed E-state index contributed by atoms with van der Waals surface area (Å²) in [5.74, 6) is -0.677. The van der Waals surface area contributed by atoms with E-state index in [1.165, 1.54) is 35.4 Å². The van der Waals surface area contributed by atoms with Gasteiger partial charge in [0, 0.05) is 18.2 Å². The predicted octanol–water partition coefficient (Wildman–Crippen LogP) is 3.34. The Morgan fingerprint density at radius 2 is 2.22 bits per heavy atom. The number of nitrogens with two attached hydrogens (primary N) is 1. The van der Waals surface area contributed by atoms with Gasteiger partial charge in [-0.05, 0) is 23.9 Å². The Morgan fingerprint density at radius 1 is 1.44 bits per heavy atom. The van der Waals surface area contributed by atoms with Gasteiger partial charge < -0.3 is 11.1 Å². The molecular weight excluding hydrogens is 276 g/mol. The highest BCUT2D eigenvalue weighted by atomic mass is 32.2. The normalized spacial score (nSPS) is 10.6. The average molecular weight is 287 g/mol. The minimum Gasteiger partial charge on any atom is -0.382 e. The van der Waals surface area contributed by atoms with E-state index in [2.05, 4.69) is 9.69 Å². The monoisotopic (exact) mass is 287 g/mol. The summed E-state index contributed by atoms with van der Waals surface area (Å²) in [6.07, 6.45) is 1.89. The zero-order chi connectivity index (χ0) is 13.1. The van der Waals surface area contributed by atoms with E-state index in [9.17, 15) is 8.78 Å². The van der Waals surface area contributed by atoms with Crippen LogP contribution in [0, 0.1) is 11.6 Å². The van der Waals surface area contributed by atoms with Gasteiger partial charge in [0.15, 0.2) is 5.82 Å². The number of hydrogen-bond donors (Lipinski definition) is 2. The Balaban J connectivity index is 2.11. The lowest BCUT2D eigenvalue weighted by Gasteiger charge is -2.06. The van der Waals surface area contributed by atoms with Crippen molar-refractivity contribution in [2.45, 2.75) is 11.4 Å². The second-order valence-corrected chi connectivity index (χ2v) is 5.11. The van der Waals surface area contributed by atoms with Gasteiger partial charge in [-0.1, -0.05) is 6.07 Å². The fraction of sp³-hybridized carbons (Fsp3) is 0.182. The van der Waals surface area contributed by atoms with Gasteiger partial charge in [0.25, 0.3) is 0 Å². The molecule has 1 aromatic carbocycles. The molecule has 2 rings (SSSR count). The SMILES string of the molecule is CSc1c(N)nsc1NCc1ccc(F)cc1F. The Labute approximate surface area is 112 Å². The summed E-state index contributed by atoms with van der Waals surface area (Å²) < 4.78 is 30.2. The number of aromatic nitrogens is 1. The quantitative estimate of drug-likeness (QED) is 0.847. The maximum atomic E-state index is 13.4. The summed E-state index contributed by atoms with van der Waals surface area (Å²) in [7, 11) is 0. The highest BCUT2D eigenvalue weighted by Crippen LogP contribution is 2.34. The Bertz CT molecular complexity index is 557. The summed E-state index contributed by atoms with van der Waals surface area (Å²) in [5.41, 5.74) is 6.08. The van der Waals surface area contributed by atoms with E-state index >= 15 is 0 Å². The van der Waals surface area contributed by atoms with E-state index in [0.29, 0.717) is 11.4 Å². The molecular formula is C11H11F2N3S2. The Kier molecular flexibility index (Phi) is 4.03. The lowest BCUT2D eigenvalue weighted by molar-refractivity contribution is 0.574. The highest BCUT2D eigenvalue weighted by Gasteiger charge is 2.11. The molecule has 0 spiro atoms. The summed E-state index contributed by atoms with van der Waals surface area (Å²) in [5, 5.41) is 3.85. The first-order valence-electron chi connectivity index (χ1n) is 5.08. The molecule has 1 aromatic heterocycles. The number of benzene rings is 1. The van der Waals surface area contributed by atoms with Gasteiger partial charge in [0.1, 0.15) is 16.6 Å². The standard InChI is InChI=1S/C11H11F2N3S2/c1-17-9-10(14)16-18-11(9)15-5-6-2-3-7(12)4-8(6)13/h2-4,15H,5H2,1H3,(H2,14,16). The van der Waals surface area contributed by atoms with Crippen LogP contribution in [0.15, 0.2) is 23.1 Å². The average Bonchev–Trinajstić information content (AvgIpc) is 2.69. The fourth-order valence-electron chi connectivity index (χ4n) is 1.44. The molecule has 0 amide bonds. The van der Waals surface area contributed by atoms with E-state index in [1.54, 1.807) is 0 Å². The molecule has 0 aliphatic carbocycles. The van der Waals surface area contributed by atoms with Gasteiger partial charge >= 0.3 is 0 Å². The first-order valence-corrected chi connectivity index (χ1v) is 7.08. The van der Waals surface area contributed by atoms with E-state index in [-0.39, 0.29) is 6.54 Å². The van der Waals surface area contributed by atoms with E-state index in [0.717, 1.165) is 16.0 Å². The van der Waals surface area contributed by atoms with Gasteiger partial charge in [-0.15, -0.1) is 11.8 Å². The van der Waals surface area contributed by atoms with Crippen LogP contribution in [-0.4, -0.2) is 10.6 Å². The highest BCUT2D eigenvalue weighted by molar-refractivity contribution is 7.99. The van der Waals surface area contributed by atoms with Gasteiger partial charge in [-0.3, -0.25) is 0 Å². The van der Waals surface area contributed by atoms with Crippen molar-refractivity contribution in [2.75, 3.05) is 17.3 Å². The molecule has 0 fully saturated rings. The van der Waals surface area contributed by atoms with Crippen molar-refractivity contribution in [3.05, 3.63) is 35.4 Å². The van der Waals surface area contributed by atoms with Gasteiger partial charge in [0.05, 0.1) is 4.90 Å². The van der Waals surface area contributed by atoms with Crippen LogP contribution in [0.2, 0.25) is 0 Å². The van der Waals surface area contributed by atoms with Gasteiger partial charge in [-0.25, -0.2) is 8.78 Å². The lowest BCUT2D eigenvalue weighted by atomic mass is 10.2. The summed E-state index contributed by atoms with van der Waals surface area (Å²) in [6.45, 7) is 0.265. The molecule has 0 atom stereocenters. The second-order valence-electron chi connectivity index (χ2n) is 3.52. The third kappa shape index (κ3) is 2.73. The van der Waals surface area contributed by atoms with E-state index < -0.39 is 11.6 Å². The van der Waals surface area contributed by atoms with Crippen molar-refractivity contribution < 1.29 is 8.78 Å². The number of anilines is 2. The number of rotatable bonds is 4. The van der Waals surface area contributed by atoms with Gasteiger partial charge in [0.2, 0.25) is 0 Å². The van der Waals surface area contributed by atoms with Crippen molar-refractivity contribution in [1.82, 2.24) is 4.37 Å². The molecule has 0 saturated carbocycles. The zero-order valence-corrected chi connectivity index (χ0v) is 11.2. The maximum Gasteiger partial charge on any atom is 0.153 e. The molecule has 0 radical (unpaired) electrons. The largest absolute Gasteiger partial charge is 0.382 e. The minimum absolute atomic E-state index is 0.265. The number of nitrogens with zero attached hydrogens (tertiary/aromatic N) is 1. The van der Waals surface area contributed by atoms with Crippen molar-refractivity contribution >= 4 is 34.1 Å². The number of halogens is 2. The summed E-state index contributed by atoms with van der Waals surface area (Å²) in [6, 6.07) is 3.52. The molecule has 96 valence electrons. The first kappa shape index (κ1) is 13.1. The van der Waals surface area contributed by atoms with Crippen molar-refractivity contribution in [2.24, 2.45) is 0 Å². The van der Waals surface area contributed by atoms with Crippen LogP contribution in [0.25, 0.3) is 0 Å². The van der Waals surface area contributed by atoms with Crippen LogP contribution in [0.1, 0.15) is 5.56 Å². The molecule has 3 nitrogen and oxygen atoms in total. The topological polar surface area (TPSA) is 50.9 Å². The predicted molar refractivity (Wildman–Crippen MR) is 72.0 cm³/mol. The zero-order valence-electron chi connectivity index (χ0n) is 9.54. The smallest absolute Gasteiger partial charge is 0.153 e. The lowest BCUT2D eigenvalue weighted by Crippen LogP contribution is -2.01. The molecule has 2 aromatic rings. The summed E-state index contributed by atoms with van der Waals surface area (Å²) >= 11 is 2.70. The summed E-state index contributed by atoms with van der Waals surface area (Å²) in [4.78, 5) is 0.850. The van der Waals surface area contributed by atoms with Crippen molar-refractivity contribution in [1.29, 1.82) is 0 Å². The fourth-order valence-corrected chi connectivity index (χ4v) is 2.98. The number of hydrogen-bond acceptors (Lipinski definition) is 5. The van der Waals surface area contributed by atoms with Crippen LogP contribution in [0.3, 0.4) is 0 Å². The maximum absolute atomic E-state index is 13.4. The minimum atomic E-state index is -0.580. The molecule has 0 unspecified atom stereocenters. The molecule has 7 heteroatoms. The van der Waals surface area contributed by atoms with Crippen molar-refractivity contribution in [3.63, 3.8) is 0 Å². The van der Waals surface area contributed by atoms with Crippen LogP contribution in [0.4, 0.5) is 19.6 Å². The molecule has 1 heterocycles. The van der Waals surface area contributed by atoms with Crippen LogP contribution in [0.5, 0.6) is 0 Å². The second kappa shape index (κ2) is 5.53. The van der Waals surface area contributed by atoms with Crippen LogP contribution >= 0.6 is 23.3 Å². The molecule has 0 aliphatic heterocycles. The van der Waals surface area contributed by atoms with Crippen LogP contribution < -0.4 is 11.1 Å². The van der Waals surface area contributed by atoms with Crippen molar-refractivity contribution in [3.8, 4) is 0 Å². The third-order valence-corrected chi connectivity index (χ3v) is 4.10. The van der Waals surface area contributed by atoms with E-state index in [4.69, 9.17) is 5.73 Å². The molecule has 0 bridgehead atoms. The van der Waals surface area contributed by atoms with Gasteiger partial charge in [-0.2, -0.15) is 4.37 Å². The number of nitrogens with one attached hydrogen (secondary N) is 1. The third-order valence-electron chi connectivity index (χ3n) is 2.33. The molecule has 0 saturated heterocycles. The Morgan fingerprint density at radius 3 is 2.89 bits per heavy atom. The Hall–Kier alpha value is -1.34. The molecule has 0 aliphatic rings. The van der Waals surface area contributed by atoms with E-state index in [1.807, 2.05) is 6.26 Å².